The number of hydrogen-bond donors (Lipinski definition) is 7. The van der Waals surface area contributed by atoms with Crippen molar-refractivity contribution in [2.75, 3.05) is 19.7 Å². The van der Waals surface area contributed by atoms with Crippen LogP contribution in [0.15, 0.2) is 0 Å². The van der Waals surface area contributed by atoms with Crippen molar-refractivity contribution >= 4 is 35.6 Å². The first-order chi connectivity index (χ1) is 18.1. The number of carboxylic acid groups (broad SMARTS) is 1. The number of aliphatic carboxylic acids is 1. The summed E-state index contributed by atoms with van der Waals surface area (Å²) in [5.74, 6) is -9.63. The Morgan fingerprint density at radius 1 is 1.26 bits per heavy atom. The largest absolute Gasteiger partial charge is 0.477 e. The van der Waals surface area contributed by atoms with Crippen molar-refractivity contribution in [3.05, 3.63) is 0 Å². The molecule has 38 heavy (non-hydrogen) atoms. The second-order valence-corrected chi connectivity index (χ2v) is 8.59. The van der Waals surface area contributed by atoms with Gasteiger partial charge in [-0.25, -0.2) is 9.18 Å². The summed E-state index contributed by atoms with van der Waals surface area (Å²) in [5, 5.41) is 54.3. The van der Waals surface area contributed by atoms with E-state index in [1.807, 2.05) is 5.32 Å². The molecule has 17 heteroatoms. The number of halogens is 1. The number of hydrogen-bond acceptors (Lipinski definition) is 12. The number of carboxylic acids is 1. The van der Waals surface area contributed by atoms with Gasteiger partial charge in [0.25, 0.3) is 0 Å². The fourth-order valence-electron chi connectivity index (χ4n) is 3.74. The van der Waals surface area contributed by atoms with Crippen LogP contribution in [0.2, 0.25) is 0 Å². The maximum atomic E-state index is 14.4. The van der Waals surface area contributed by atoms with E-state index in [1.165, 1.54) is 0 Å². The zero-order valence-electron chi connectivity index (χ0n) is 21.1. The summed E-state index contributed by atoms with van der Waals surface area (Å²) >= 11 is 0. The van der Waals surface area contributed by atoms with Gasteiger partial charge in [0.15, 0.2) is 6.17 Å². The lowest BCUT2D eigenvalue weighted by Gasteiger charge is -2.46. The molecule has 0 aromatic carbocycles. The van der Waals surface area contributed by atoms with Crippen LogP contribution in [-0.4, -0.2) is 128 Å². The van der Waals surface area contributed by atoms with Crippen LogP contribution >= 0.6 is 0 Å². The van der Waals surface area contributed by atoms with Gasteiger partial charge in [-0.15, -0.1) is 0 Å². The highest BCUT2D eigenvalue weighted by Crippen LogP contribution is 2.33. The minimum atomic E-state index is -3.64. The average molecular weight is 553 g/mol. The van der Waals surface area contributed by atoms with Crippen LogP contribution < -0.4 is 10.6 Å². The lowest BCUT2D eigenvalue weighted by atomic mass is 9.87. The molecular weight excluding hydrogens is 521 g/mol. The molecule has 0 aromatic heterocycles. The van der Waals surface area contributed by atoms with Gasteiger partial charge in [0, 0.05) is 40.6 Å². The van der Waals surface area contributed by atoms with Gasteiger partial charge in [-0.2, -0.15) is 0 Å². The minimum absolute atomic E-state index is 0.117. The molecule has 0 spiro atoms. The van der Waals surface area contributed by atoms with Gasteiger partial charge in [-0.05, 0) is 0 Å². The van der Waals surface area contributed by atoms with Crippen molar-refractivity contribution < 1.29 is 69.5 Å². The topological polar surface area (TPSA) is 249 Å². The number of imide groups is 1. The Labute approximate surface area is 216 Å². The van der Waals surface area contributed by atoms with Crippen molar-refractivity contribution in [3.63, 3.8) is 0 Å². The number of rotatable bonds is 12. The molecule has 7 N–H and O–H groups in total. The number of amides is 4. The molecule has 2 rings (SSSR count). The SMILES string of the molecule is [3H]C1CC(=O)N(CCNC(=O)CCC(=O)OC[C@@H](O)[C@@H](O)[C@@H]2OC(O)(C(=O)O)C(F)[C@H](O)[C@H]2NC(C)=O)C1=O. The third-order valence-corrected chi connectivity index (χ3v) is 5.77. The summed E-state index contributed by atoms with van der Waals surface area (Å²) in [6, 6.07) is -1.82. The van der Waals surface area contributed by atoms with E-state index in [0.29, 0.717) is 0 Å². The van der Waals surface area contributed by atoms with E-state index in [2.05, 4.69) is 5.32 Å². The highest BCUT2D eigenvalue weighted by Gasteiger charge is 2.61. The lowest BCUT2D eigenvalue weighted by Crippen LogP contribution is -2.72. The van der Waals surface area contributed by atoms with Crippen LogP contribution in [-0.2, 0) is 38.2 Å². The highest BCUT2D eigenvalue weighted by molar-refractivity contribution is 6.01. The fraction of sp³-hybridized carbons (Fsp3) is 0.714. The minimum Gasteiger partial charge on any atom is -0.477 e. The predicted molar refractivity (Wildman–Crippen MR) is 117 cm³/mol. The first kappa shape index (κ1) is 29.3. The monoisotopic (exact) mass is 553 g/mol. The molecule has 2 fully saturated rings. The van der Waals surface area contributed by atoms with E-state index in [-0.39, 0.29) is 19.5 Å². The number of aliphatic hydroxyl groups excluding tert-OH is 3. The van der Waals surface area contributed by atoms with E-state index in [4.69, 9.17) is 16.0 Å². The maximum Gasteiger partial charge on any atom is 0.367 e. The number of nitrogens with one attached hydrogen (secondary N) is 2. The molecule has 2 aliphatic rings. The summed E-state index contributed by atoms with van der Waals surface area (Å²) < 4.78 is 31.3. The predicted octanol–water partition coefficient (Wildman–Crippen LogP) is -4.33. The Kier molecular flexibility index (Phi) is 10.0. The van der Waals surface area contributed by atoms with Gasteiger partial charge in [0.1, 0.15) is 31.0 Å². The second-order valence-electron chi connectivity index (χ2n) is 8.59. The van der Waals surface area contributed by atoms with E-state index >= 15 is 0 Å². The molecule has 0 aromatic rings. The van der Waals surface area contributed by atoms with Gasteiger partial charge in [0.05, 0.1) is 12.5 Å². The first-order valence-electron chi connectivity index (χ1n) is 12.0. The molecule has 0 saturated carbocycles. The van der Waals surface area contributed by atoms with Crippen LogP contribution in [0, 0.1) is 0 Å². The van der Waals surface area contributed by atoms with Gasteiger partial charge >= 0.3 is 17.7 Å². The lowest BCUT2D eigenvalue weighted by molar-refractivity contribution is -0.320. The zero-order chi connectivity index (χ0) is 29.7. The van der Waals surface area contributed by atoms with Crippen LogP contribution in [0.5, 0.6) is 0 Å². The molecule has 0 bridgehead atoms. The number of likely N-dealkylation sites (tertiary alicyclic amines) is 1. The smallest absolute Gasteiger partial charge is 0.367 e. The molecule has 3 unspecified atom stereocenters. The first-order valence-corrected chi connectivity index (χ1v) is 11.4. The molecule has 2 heterocycles. The summed E-state index contributed by atoms with van der Waals surface area (Å²) in [4.78, 5) is 70.7. The van der Waals surface area contributed by atoms with Gasteiger partial charge < -0.3 is 45.6 Å². The number of aliphatic hydroxyl groups is 4. The molecule has 8 atom stereocenters. The number of carbonyl (C=O) groups excluding carboxylic acids is 5. The number of esters is 1. The standard InChI is InChI=1S/C21H30FN3O13/c1-9(26)24-15-17(33)19(22)21(36,20(34)35)38-18(15)16(32)10(27)8-37-14(31)5-2-11(28)23-6-7-25-12(29)3-4-13(25)30/h10,15-19,27,32-33,36H,2-8H2,1H3,(H,23,28)(H,24,26)(H,34,35)/t10-,15-,16-,17-,18-,19?,21?/m1/s1/i3T/t3?,10-,15-,16-,17-,18-,19?,21?. The molecule has 2 saturated heterocycles. The van der Waals surface area contributed by atoms with Gasteiger partial charge in [0.2, 0.25) is 23.6 Å². The summed E-state index contributed by atoms with van der Waals surface area (Å²) in [7, 11) is 0. The zero-order valence-corrected chi connectivity index (χ0v) is 20.1. The van der Waals surface area contributed by atoms with Crippen molar-refractivity contribution in [1.82, 2.24) is 15.5 Å². The van der Waals surface area contributed by atoms with Crippen LogP contribution in [0.1, 0.15) is 34.0 Å². The van der Waals surface area contributed by atoms with Crippen molar-refractivity contribution in [3.8, 4) is 0 Å². The maximum absolute atomic E-state index is 14.4. The number of carbonyl (C=O) groups is 6. The summed E-state index contributed by atoms with van der Waals surface area (Å²) in [6.45, 7) is -0.254. The molecule has 0 aliphatic carbocycles. The Balaban J connectivity index is 1.85. The third kappa shape index (κ3) is 7.41. The summed E-state index contributed by atoms with van der Waals surface area (Å²) in [6.07, 6.45) is -14.0. The molecule has 214 valence electrons. The normalized spacial score (nSPS) is 31.3. The number of nitrogens with zero attached hydrogens (tertiary/aromatic N) is 1. The Hall–Kier alpha value is -3.25. The Bertz CT molecular complexity index is 987. The number of alkyl halides is 1. The molecular formula is C21H30FN3O13. The highest BCUT2D eigenvalue weighted by atomic mass is 19.1. The van der Waals surface area contributed by atoms with Crippen LogP contribution in [0.3, 0.4) is 0 Å². The van der Waals surface area contributed by atoms with Crippen molar-refractivity contribution in [2.45, 2.75) is 75.0 Å². The summed E-state index contributed by atoms with van der Waals surface area (Å²) in [5.41, 5.74) is 0. The van der Waals surface area contributed by atoms with E-state index in [1.54, 1.807) is 0 Å². The number of ether oxygens (including phenoxy) is 2. The average Bonchev–Trinajstić information content (AvgIpc) is 3.11. The molecule has 16 nitrogen and oxygen atoms in total. The molecule has 4 amide bonds. The van der Waals surface area contributed by atoms with E-state index in [0.717, 1.165) is 11.8 Å². The second kappa shape index (κ2) is 13.0. The van der Waals surface area contributed by atoms with Crippen molar-refractivity contribution in [2.24, 2.45) is 0 Å². The van der Waals surface area contributed by atoms with Crippen molar-refractivity contribution in [1.29, 1.82) is 0 Å². The van der Waals surface area contributed by atoms with E-state index < -0.39 is 104 Å². The quantitative estimate of drug-likeness (QED) is 0.0893. The van der Waals surface area contributed by atoms with Gasteiger partial charge in [-0.3, -0.25) is 28.9 Å². The van der Waals surface area contributed by atoms with E-state index in [9.17, 15) is 53.6 Å². The van der Waals surface area contributed by atoms with Crippen LogP contribution in [0.25, 0.3) is 0 Å². The van der Waals surface area contributed by atoms with Gasteiger partial charge in [-0.1, -0.05) is 0 Å². The Morgan fingerprint density at radius 2 is 1.92 bits per heavy atom. The Morgan fingerprint density at radius 3 is 2.47 bits per heavy atom. The fourth-order valence-corrected chi connectivity index (χ4v) is 3.74. The molecule has 0 radical (unpaired) electrons. The molecule has 2 aliphatic heterocycles. The van der Waals surface area contributed by atoms with Crippen LogP contribution in [0.4, 0.5) is 4.39 Å². The third-order valence-electron chi connectivity index (χ3n) is 5.77.